The Labute approximate surface area is 160 Å². The van der Waals surface area contributed by atoms with Crippen molar-refractivity contribution in [1.82, 2.24) is 15.2 Å². The van der Waals surface area contributed by atoms with E-state index in [1.54, 1.807) is 36.7 Å². The average Bonchev–Trinajstić information content (AvgIpc) is 2.70. The zero-order chi connectivity index (χ0) is 19.1. The van der Waals surface area contributed by atoms with Gasteiger partial charge in [-0.1, -0.05) is 13.8 Å². The molecule has 1 aromatic carbocycles. The number of pyridine rings is 1. The van der Waals surface area contributed by atoms with Gasteiger partial charge in [-0.25, -0.2) is 0 Å². The Bertz CT molecular complexity index is 713. The molecule has 1 fully saturated rings. The topological polar surface area (TPSA) is 63.7 Å². The predicted octanol–water partition coefficient (Wildman–Crippen LogP) is 2.96. The van der Waals surface area contributed by atoms with Gasteiger partial charge in [0.2, 0.25) is 0 Å². The highest BCUT2D eigenvalue weighted by molar-refractivity contribution is 5.94. The number of hydrogen-bond donors (Lipinski definition) is 1. The van der Waals surface area contributed by atoms with Crippen LogP contribution in [-0.4, -0.2) is 54.7 Å². The summed E-state index contributed by atoms with van der Waals surface area (Å²) in [6.45, 7) is 8.36. The van der Waals surface area contributed by atoms with Crippen LogP contribution < -0.4 is 10.1 Å². The second-order valence-electron chi connectivity index (χ2n) is 6.98. The first kappa shape index (κ1) is 19.3. The van der Waals surface area contributed by atoms with Gasteiger partial charge in [0.15, 0.2) is 0 Å². The molecule has 1 aromatic heterocycles. The lowest BCUT2D eigenvalue weighted by Gasteiger charge is -2.36. The first-order chi connectivity index (χ1) is 13.1. The average molecular weight is 369 g/mol. The van der Waals surface area contributed by atoms with Crippen molar-refractivity contribution in [1.29, 1.82) is 0 Å². The summed E-state index contributed by atoms with van der Waals surface area (Å²) in [6.07, 6.45) is 3.35. The van der Waals surface area contributed by atoms with Crippen molar-refractivity contribution in [2.24, 2.45) is 5.92 Å². The van der Waals surface area contributed by atoms with Crippen molar-refractivity contribution >= 4 is 5.91 Å². The fourth-order valence-corrected chi connectivity index (χ4v) is 3.21. The van der Waals surface area contributed by atoms with Crippen LogP contribution in [-0.2, 0) is 4.74 Å². The fourth-order valence-electron chi connectivity index (χ4n) is 3.21. The lowest BCUT2D eigenvalue weighted by Crippen LogP contribution is -2.51. The fraction of sp³-hybridized carbons (Fsp3) is 0.429. The van der Waals surface area contributed by atoms with Crippen LogP contribution in [0.15, 0.2) is 48.8 Å². The number of hydrogen-bond acceptors (Lipinski definition) is 5. The van der Waals surface area contributed by atoms with Crippen LogP contribution in [0.5, 0.6) is 11.5 Å². The Morgan fingerprint density at radius 1 is 1.19 bits per heavy atom. The van der Waals surface area contributed by atoms with Crippen molar-refractivity contribution in [3.05, 3.63) is 54.4 Å². The summed E-state index contributed by atoms with van der Waals surface area (Å²) in [5, 5.41) is 3.07. The number of nitrogens with zero attached hydrogens (tertiary/aromatic N) is 2. The first-order valence-electron chi connectivity index (χ1n) is 9.41. The number of benzene rings is 1. The maximum absolute atomic E-state index is 12.5. The quantitative estimate of drug-likeness (QED) is 0.813. The van der Waals surface area contributed by atoms with Crippen LogP contribution in [0, 0.1) is 5.92 Å². The van der Waals surface area contributed by atoms with Crippen LogP contribution in [0.4, 0.5) is 0 Å². The number of amides is 1. The molecule has 1 aliphatic heterocycles. The SMILES string of the molecule is CC(C)C(CNC(=O)c1ccc(Oc2cccnc2)cc1)N1CCOCC1. The number of carbonyl (C=O) groups excluding carboxylic acids is 1. The highest BCUT2D eigenvalue weighted by atomic mass is 16.5. The Morgan fingerprint density at radius 2 is 1.93 bits per heavy atom. The molecule has 1 unspecified atom stereocenters. The number of carbonyl (C=O) groups is 1. The van der Waals surface area contributed by atoms with Crippen LogP contribution in [0.25, 0.3) is 0 Å². The highest BCUT2D eigenvalue weighted by Gasteiger charge is 2.24. The molecule has 1 saturated heterocycles. The van der Waals surface area contributed by atoms with E-state index in [4.69, 9.17) is 9.47 Å². The van der Waals surface area contributed by atoms with Crippen molar-refractivity contribution in [3.63, 3.8) is 0 Å². The zero-order valence-electron chi connectivity index (χ0n) is 15.9. The molecule has 0 radical (unpaired) electrons. The van der Waals surface area contributed by atoms with E-state index < -0.39 is 0 Å². The predicted molar refractivity (Wildman–Crippen MR) is 104 cm³/mol. The molecule has 27 heavy (non-hydrogen) atoms. The number of morpholine rings is 1. The molecule has 6 heteroatoms. The van der Waals surface area contributed by atoms with Gasteiger partial charge >= 0.3 is 0 Å². The van der Waals surface area contributed by atoms with Crippen LogP contribution in [0.2, 0.25) is 0 Å². The molecule has 2 aromatic rings. The molecule has 1 aliphatic rings. The minimum Gasteiger partial charge on any atom is -0.456 e. The van der Waals surface area contributed by atoms with E-state index in [2.05, 4.69) is 29.0 Å². The first-order valence-corrected chi connectivity index (χ1v) is 9.41. The van der Waals surface area contributed by atoms with E-state index >= 15 is 0 Å². The number of ether oxygens (including phenoxy) is 2. The van der Waals surface area contributed by atoms with Gasteiger partial charge in [0.25, 0.3) is 5.91 Å². The summed E-state index contributed by atoms with van der Waals surface area (Å²) in [5.74, 6) is 1.73. The summed E-state index contributed by atoms with van der Waals surface area (Å²) in [4.78, 5) is 18.9. The van der Waals surface area contributed by atoms with Gasteiger partial charge in [0, 0.05) is 37.4 Å². The number of aromatic nitrogens is 1. The zero-order valence-corrected chi connectivity index (χ0v) is 15.9. The van der Waals surface area contributed by atoms with E-state index in [-0.39, 0.29) is 5.91 Å². The molecule has 3 rings (SSSR count). The molecule has 0 saturated carbocycles. The summed E-state index contributed by atoms with van der Waals surface area (Å²) in [7, 11) is 0. The summed E-state index contributed by atoms with van der Waals surface area (Å²) >= 11 is 0. The standard InChI is InChI=1S/C21H27N3O3/c1-16(2)20(24-10-12-26-13-11-24)15-23-21(25)17-5-7-18(8-6-17)27-19-4-3-9-22-14-19/h3-9,14,16,20H,10-13,15H2,1-2H3,(H,23,25). The third-order valence-corrected chi connectivity index (χ3v) is 4.74. The third kappa shape index (κ3) is 5.52. The van der Waals surface area contributed by atoms with Gasteiger partial charge in [-0.2, -0.15) is 0 Å². The Morgan fingerprint density at radius 3 is 2.56 bits per heavy atom. The normalized spacial score (nSPS) is 16.1. The number of rotatable bonds is 7. The van der Waals surface area contributed by atoms with Gasteiger partial charge in [-0.05, 0) is 42.3 Å². The van der Waals surface area contributed by atoms with Crippen molar-refractivity contribution in [3.8, 4) is 11.5 Å². The largest absolute Gasteiger partial charge is 0.456 e. The van der Waals surface area contributed by atoms with Crippen LogP contribution >= 0.6 is 0 Å². The summed E-state index contributed by atoms with van der Waals surface area (Å²) in [5.41, 5.74) is 0.623. The minimum absolute atomic E-state index is 0.0677. The van der Waals surface area contributed by atoms with Gasteiger partial charge < -0.3 is 14.8 Å². The van der Waals surface area contributed by atoms with Gasteiger partial charge in [-0.3, -0.25) is 14.7 Å². The summed E-state index contributed by atoms with van der Waals surface area (Å²) < 4.78 is 11.1. The lowest BCUT2D eigenvalue weighted by atomic mass is 10.0. The van der Waals surface area contributed by atoms with Crippen molar-refractivity contribution in [2.75, 3.05) is 32.8 Å². The van der Waals surface area contributed by atoms with Gasteiger partial charge in [-0.15, -0.1) is 0 Å². The maximum Gasteiger partial charge on any atom is 0.251 e. The van der Waals surface area contributed by atoms with Gasteiger partial charge in [0.1, 0.15) is 11.5 Å². The van der Waals surface area contributed by atoms with Gasteiger partial charge in [0.05, 0.1) is 19.4 Å². The van der Waals surface area contributed by atoms with E-state index in [1.807, 2.05) is 12.1 Å². The number of nitrogens with one attached hydrogen (secondary N) is 1. The van der Waals surface area contributed by atoms with E-state index in [0.29, 0.717) is 35.6 Å². The molecular weight excluding hydrogens is 342 g/mol. The second kappa shape index (κ2) is 9.48. The molecule has 0 aliphatic carbocycles. The molecule has 0 spiro atoms. The molecule has 1 amide bonds. The Balaban J connectivity index is 1.55. The smallest absolute Gasteiger partial charge is 0.251 e. The monoisotopic (exact) mass is 369 g/mol. The van der Waals surface area contributed by atoms with Crippen molar-refractivity contribution in [2.45, 2.75) is 19.9 Å². The molecule has 1 N–H and O–H groups in total. The van der Waals surface area contributed by atoms with Crippen LogP contribution in [0.1, 0.15) is 24.2 Å². The molecule has 1 atom stereocenters. The second-order valence-corrected chi connectivity index (χ2v) is 6.98. The van der Waals surface area contributed by atoms with E-state index in [0.717, 1.165) is 26.3 Å². The van der Waals surface area contributed by atoms with E-state index in [9.17, 15) is 4.79 Å². The summed E-state index contributed by atoms with van der Waals surface area (Å²) in [6, 6.07) is 11.1. The molecule has 6 nitrogen and oxygen atoms in total. The lowest BCUT2D eigenvalue weighted by molar-refractivity contribution is 0.00673. The highest BCUT2D eigenvalue weighted by Crippen LogP contribution is 2.20. The Kier molecular flexibility index (Phi) is 6.79. The molecular formula is C21H27N3O3. The Hall–Kier alpha value is -2.44. The minimum atomic E-state index is -0.0677. The van der Waals surface area contributed by atoms with E-state index in [1.165, 1.54) is 0 Å². The third-order valence-electron chi connectivity index (χ3n) is 4.74. The molecule has 144 valence electrons. The van der Waals surface area contributed by atoms with Crippen LogP contribution in [0.3, 0.4) is 0 Å². The van der Waals surface area contributed by atoms with Crippen molar-refractivity contribution < 1.29 is 14.3 Å². The molecule has 0 bridgehead atoms. The maximum atomic E-state index is 12.5. The molecule has 2 heterocycles.